The molecule has 1 aliphatic heterocycles. The molecule has 0 amide bonds. The number of carbonyl (C=O) groups excluding carboxylic acids is 1. The molecule has 0 unspecified atom stereocenters. The summed E-state index contributed by atoms with van der Waals surface area (Å²) >= 11 is 1.58. The first kappa shape index (κ1) is 21.9. The van der Waals surface area contributed by atoms with Gasteiger partial charge in [0.1, 0.15) is 17.1 Å². The number of unbranched alkanes of at least 4 members (excludes halogenated alkanes) is 1. The number of benzene rings is 1. The van der Waals surface area contributed by atoms with Gasteiger partial charge in [-0.05, 0) is 37.6 Å². The molecule has 1 aromatic carbocycles. The minimum atomic E-state index is -3.16. The van der Waals surface area contributed by atoms with Gasteiger partial charge in [0.25, 0.3) is 0 Å². The van der Waals surface area contributed by atoms with Crippen LogP contribution in [0.25, 0.3) is 0 Å². The third-order valence-corrected chi connectivity index (χ3v) is 5.49. The van der Waals surface area contributed by atoms with Gasteiger partial charge in [0, 0.05) is 17.5 Å². The number of rotatable bonds is 8. The van der Waals surface area contributed by atoms with E-state index in [4.69, 9.17) is 4.42 Å². The monoisotopic (exact) mass is 431 g/mol. The second-order valence-corrected chi connectivity index (χ2v) is 7.63. The molecule has 0 fully saturated rings. The van der Waals surface area contributed by atoms with Crippen LogP contribution in [-0.2, 0) is 0 Å². The van der Waals surface area contributed by atoms with Crippen molar-refractivity contribution in [1.82, 2.24) is 0 Å². The number of carbonyl (C=O) groups is 1. The predicted octanol–water partition coefficient (Wildman–Crippen LogP) is 5.24. The van der Waals surface area contributed by atoms with E-state index in [1.807, 2.05) is 24.3 Å². The molecule has 9 heteroatoms. The first-order valence-corrected chi connectivity index (χ1v) is 10.3. The van der Waals surface area contributed by atoms with Crippen LogP contribution in [-0.4, -0.2) is 19.8 Å². The summed E-state index contributed by atoms with van der Waals surface area (Å²) in [7, 11) is -3.16. The molecule has 156 valence electrons. The lowest BCUT2D eigenvalue weighted by Crippen LogP contribution is -2.19. The lowest BCUT2D eigenvalue weighted by atomic mass is 10.1. The Morgan fingerprint density at radius 1 is 1.33 bits per heavy atom. The lowest BCUT2D eigenvalue weighted by molar-refractivity contribution is 0.104. The molecule has 1 aromatic heterocycles. The van der Waals surface area contributed by atoms with Crippen molar-refractivity contribution in [3.63, 3.8) is 0 Å². The molecule has 0 N–H and O–H groups in total. The number of nitrogens with zero attached hydrogens (tertiary/aromatic N) is 1. The number of hydrogen-bond donors (Lipinski definition) is 0. The van der Waals surface area contributed by atoms with Crippen molar-refractivity contribution in [1.29, 1.82) is 0 Å². The molecule has 0 atom stereocenters. The van der Waals surface area contributed by atoms with Crippen LogP contribution in [0.4, 0.5) is 14.3 Å². The molecule has 0 radical (unpaired) electrons. The van der Waals surface area contributed by atoms with Crippen molar-refractivity contribution < 1.29 is 22.5 Å². The van der Waals surface area contributed by atoms with Crippen molar-refractivity contribution >= 4 is 30.7 Å². The largest absolute Gasteiger partial charge is 0.796 e. The number of thioether (sulfide) groups is 1. The maximum absolute atomic E-state index is 12.7. The topological polar surface area (TPSA) is 59.8 Å². The number of halogens is 2. The fourth-order valence-electron chi connectivity index (χ4n) is 3.02. The molecule has 2 aromatic rings. The smallest absolute Gasteiger partial charge is 0.504 e. The van der Waals surface area contributed by atoms with E-state index in [1.54, 1.807) is 17.8 Å². The Bertz CT molecular complexity index is 1050. The second-order valence-electron chi connectivity index (χ2n) is 6.57. The SMILES string of the molecule is CCCCN1/C(=C\C=C\C(=O)c2c(OB(F)F)cc(C)oc2=O)Sc2ccccc21. The van der Waals surface area contributed by atoms with Crippen molar-refractivity contribution in [3.8, 4) is 5.75 Å². The zero-order valence-corrected chi connectivity index (χ0v) is 17.4. The van der Waals surface area contributed by atoms with Gasteiger partial charge in [-0.15, -0.1) is 0 Å². The van der Waals surface area contributed by atoms with E-state index in [1.165, 1.54) is 13.0 Å². The van der Waals surface area contributed by atoms with E-state index in [0.717, 1.165) is 47.1 Å². The number of allylic oxidation sites excluding steroid dienone is 3. The average Bonchev–Trinajstić information content (AvgIpc) is 3.02. The number of aryl methyl sites for hydroxylation is 1. The zero-order chi connectivity index (χ0) is 21.7. The highest BCUT2D eigenvalue weighted by Gasteiger charge is 2.26. The fraction of sp³-hybridized carbons (Fsp3) is 0.238. The van der Waals surface area contributed by atoms with Gasteiger partial charge in [0.2, 0.25) is 0 Å². The summed E-state index contributed by atoms with van der Waals surface area (Å²) in [5, 5.41) is 0.939. The quantitative estimate of drug-likeness (QED) is 0.324. The minimum Gasteiger partial charge on any atom is -0.504 e. The van der Waals surface area contributed by atoms with Gasteiger partial charge in [-0.3, -0.25) is 4.79 Å². The Hall–Kier alpha value is -2.81. The van der Waals surface area contributed by atoms with E-state index < -0.39 is 30.2 Å². The van der Waals surface area contributed by atoms with Crippen LogP contribution in [0.2, 0.25) is 0 Å². The summed E-state index contributed by atoms with van der Waals surface area (Å²) in [4.78, 5) is 27.8. The highest BCUT2D eigenvalue weighted by atomic mass is 32.2. The van der Waals surface area contributed by atoms with Gasteiger partial charge < -0.3 is 14.0 Å². The molecule has 5 nitrogen and oxygen atoms in total. The van der Waals surface area contributed by atoms with Gasteiger partial charge >= 0.3 is 13.1 Å². The van der Waals surface area contributed by atoms with Crippen LogP contribution in [0.15, 0.2) is 67.7 Å². The predicted molar refractivity (Wildman–Crippen MR) is 114 cm³/mol. The number of ketones is 1. The highest BCUT2D eigenvalue weighted by Crippen LogP contribution is 2.45. The van der Waals surface area contributed by atoms with Crippen LogP contribution >= 0.6 is 11.8 Å². The van der Waals surface area contributed by atoms with Crippen molar-refractivity contribution in [2.24, 2.45) is 0 Å². The van der Waals surface area contributed by atoms with Gasteiger partial charge in [-0.25, -0.2) is 13.4 Å². The maximum Gasteiger partial charge on any atom is 0.796 e. The Balaban J connectivity index is 1.85. The molecule has 1 aliphatic rings. The van der Waals surface area contributed by atoms with Gasteiger partial charge in [0.15, 0.2) is 5.78 Å². The molecular weight excluding hydrogens is 411 g/mol. The molecule has 30 heavy (non-hydrogen) atoms. The molecule has 0 saturated heterocycles. The number of anilines is 1. The fourth-order valence-corrected chi connectivity index (χ4v) is 4.12. The molecule has 0 bridgehead atoms. The van der Waals surface area contributed by atoms with Crippen LogP contribution in [0.3, 0.4) is 0 Å². The number of para-hydroxylation sites is 1. The summed E-state index contributed by atoms with van der Waals surface area (Å²) in [6.07, 6.45) is 6.46. The van der Waals surface area contributed by atoms with Gasteiger partial charge in [-0.1, -0.05) is 43.3 Å². The summed E-state index contributed by atoms with van der Waals surface area (Å²) in [6.45, 7) is 4.36. The standard InChI is InChI=1S/C21H20BF2NO4S/c1-3-4-12-25-15-8-5-6-10-18(15)30-19(25)11-7-9-16(26)20-17(29-22(23)24)13-14(2)28-21(20)27/h5-11,13H,3-4,12H2,1-2H3/b9-7+,19-11+. The third-order valence-electron chi connectivity index (χ3n) is 4.36. The van der Waals surface area contributed by atoms with Gasteiger partial charge in [-0.2, -0.15) is 0 Å². The summed E-state index contributed by atoms with van der Waals surface area (Å²) < 4.78 is 34.5. The third kappa shape index (κ3) is 5.02. The Morgan fingerprint density at radius 2 is 2.10 bits per heavy atom. The molecule has 0 aliphatic carbocycles. The van der Waals surface area contributed by atoms with Crippen LogP contribution in [0.5, 0.6) is 5.75 Å². The first-order valence-electron chi connectivity index (χ1n) is 9.47. The van der Waals surface area contributed by atoms with Crippen molar-refractivity contribution in [2.45, 2.75) is 31.6 Å². The lowest BCUT2D eigenvalue weighted by Gasteiger charge is -2.19. The molecule has 2 heterocycles. The van der Waals surface area contributed by atoms with E-state index in [0.29, 0.717) is 0 Å². The summed E-state index contributed by atoms with van der Waals surface area (Å²) in [5.41, 5.74) is -0.463. The van der Waals surface area contributed by atoms with Crippen LogP contribution < -0.4 is 15.2 Å². The van der Waals surface area contributed by atoms with E-state index >= 15 is 0 Å². The Kier molecular flexibility index (Phi) is 7.15. The van der Waals surface area contributed by atoms with E-state index in [-0.39, 0.29) is 5.76 Å². The first-order chi connectivity index (χ1) is 14.4. The van der Waals surface area contributed by atoms with E-state index in [2.05, 4.69) is 16.5 Å². The maximum atomic E-state index is 12.7. The minimum absolute atomic E-state index is 0.0741. The Morgan fingerprint density at radius 3 is 2.83 bits per heavy atom. The summed E-state index contributed by atoms with van der Waals surface area (Å²) in [6, 6.07) is 9.11. The van der Waals surface area contributed by atoms with Crippen molar-refractivity contribution in [3.05, 3.63) is 75.3 Å². The molecular formula is C21H20BF2NO4S. The molecule has 0 spiro atoms. The normalized spacial score (nSPS) is 14.4. The van der Waals surface area contributed by atoms with Crippen molar-refractivity contribution in [2.75, 3.05) is 11.4 Å². The second kappa shape index (κ2) is 9.80. The van der Waals surface area contributed by atoms with Crippen LogP contribution in [0.1, 0.15) is 35.9 Å². The molecule has 3 rings (SSSR count). The number of hydrogen-bond acceptors (Lipinski definition) is 6. The zero-order valence-electron chi connectivity index (χ0n) is 16.6. The van der Waals surface area contributed by atoms with Gasteiger partial charge in [0.05, 0.1) is 10.7 Å². The van der Waals surface area contributed by atoms with Crippen LogP contribution in [0, 0.1) is 6.92 Å². The number of fused-ring (bicyclic) bond motifs is 1. The summed E-state index contributed by atoms with van der Waals surface area (Å²) in [5.74, 6) is -1.19. The highest BCUT2D eigenvalue weighted by molar-refractivity contribution is 8.03. The molecule has 0 saturated carbocycles. The van der Waals surface area contributed by atoms with E-state index in [9.17, 15) is 18.2 Å². The Labute approximate surface area is 177 Å². The average molecular weight is 431 g/mol.